The van der Waals surface area contributed by atoms with Crippen LogP contribution in [0.1, 0.15) is 71.6 Å². The molecule has 0 spiro atoms. The first-order valence-corrected chi connectivity index (χ1v) is 9.64. The van der Waals surface area contributed by atoms with Gasteiger partial charge in [0.1, 0.15) is 5.75 Å². The highest BCUT2D eigenvalue weighted by atomic mass is 79.9. The van der Waals surface area contributed by atoms with Gasteiger partial charge < -0.3 is 39.7 Å². The fraction of sp³-hybridized carbons (Fsp3) is 1.00. The minimum absolute atomic E-state index is 0. The second-order valence-electron chi connectivity index (χ2n) is 5.85. The molecular weight excluding hydrogens is 386 g/mol. The van der Waals surface area contributed by atoms with Gasteiger partial charge in [0.15, 0.2) is 0 Å². The topological polar surface area (TPSA) is 27.6 Å². The summed E-state index contributed by atoms with van der Waals surface area (Å²) in [6.07, 6.45) is 16.9. The first kappa shape index (κ1) is 25.2. The molecule has 3 N–H and O–H groups in total. The van der Waals surface area contributed by atoms with Gasteiger partial charge in [-0.05, 0) is 36.6 Å². The second kappa shape index (κ2) is 15.7. The van der Waals surface area contributed by atoms with Crippen molar-refractivity contribution < 1.29 is 39.7 Å². The van der Waals surface area contributed by atoms with Gasteiger partial charge in [0.2, 0.25) is 0 Å². The van der Waals surface area contributed by atoms with E-state index in [0.717, 1.165) is 0 Å². The van der Waals surface area contributed by atoms with Crippen molar-refractivity contribution in [2.75, 3.05) is 18.3 Å². The Hall–Kier alpha value is 1.27. The van der Waals surface area contributed by atoms with Gasteiger partial charge in [0.25, 0.3) is 0 Å². The largest absolute Gasteiger partial charge is 1.00 e. The summed E-state index contributed by atoms with van der Waals surface area (Å²) < 4.78 is 0. The Morgan fingerprint density at radius 3 is 1.58 bits per heavy atom. The van der Waals surface area contributed by atoms with E-state index in [1.165, 1.54) is 63.5 Å². The van der Waals surface area contributed by atoms with Crippen molar-refractivity contribution in [2.24, 2.45) is 0 Å². The van der Waals surface area contributed by atoms with Gasteiger partial charge in [0.05, 0.1) is 18.1 Å². The van der Waals surface area contributed by atoms with Gasteiger partial charge in [-0.25, -0.2) is 0 Å². The summed E-state index contributed by atoms with van der Waals surface area (Å²) in [7, 11) is 0.625. The maximum Gasteiger partial charge on any atom is 0.107 e. The monoisotopic (exact) mass is 419 g/mol. The highest BCUT2D eigenvalue weighted by Gasteiger charge is 2.27. The van der Waals surface area contributed by atoms with Gasteiger partial charge in [-0.3, -0.25) is 0 Å². The molecular formula is C15H35Br2NS. The summed E-state index contributed by atoms with van der Waals surface area (Å²) in [5.74, 6) is 1.41. The minimum atomic E-state index is 0. The Morgan fingerprint density at radius 1 is 0.789 bits per heavy atom. The summed E-state index contributed by atoms with van der Waals surface area (Å²) in [5, 5.41) is 0. The van der Waals surface area contributed by atoms with Crippen LogP contribution >= 0.6 is 0 Å². The minimum Gasteiger partial charge on any atom is -1.00 e. The average Bonchev–Trinajstić information content (AvgIpc) is 2.30. The van der Waals surface area contributed by atoms with E-state index in [2.05, 4.69) is 32.1 Å². The number of halogens is 2. The number of hydrogen-bond donors (Lipinski definition) is 1. The van der Waals surface area contributed by atoms with Crippen molar-refractivity contribution in [3.8, 4) is 0 Å². The first-order valence-electron chi connectivity index (χ1n) is 7.43. The van der Waals surface area contributed by atoms with Gasteiger partial charge in [-0.1, -0.05) is 26.7 Å². The molecule has 120 valence electrons. The Bertz CT molecular complexity index is 170. The first-order chi connectivity index (χ1) is 8.04. The number of unbranched alkanes of at least 4 members (excludes halogenated alkanes) is 3. The fourth-order valence-electron chi connectivity index (χ4n) is 2.37. The molecule has 0 aromatic heterocycles. The molecule has 0 amide bonds. The van der Waals surface area contributed by atoms with Crippen molar-refractivity contribution in [3.05, 3.63) is 0 Å². The van der Waals surface area contributed by atoms with Crippen LogP contribution < -0.4 is 39.7 Å². The molecule has 0 saturated carbocycles. The molecule has 19 heavy (non-hydrogen) atoms. The van der Waals surface area contributed by atoms with Crippen LogP contribution in [-0.2, 0) is 10.9 Å². The highest BCUT2D eigenvalue weighted by molar-refractivity contribution is 7.95. The molecule has 0 atom stereocenters. The third-order valence-corrected chi connectivity index (χ3v) is 4.74. The van der Waals surface area contributed by atoms with Crippen LogP contribution in [0.2, 0.25) is 0 Å². The lowest BCUT2D eigenvalue weighted by molar-refractivity contribution is -0.484. The standard InChI is InChI=1S/C15H34NS.2BrH/c1-5-7-11-15(16,12-8-6-2)13-9-10-14-17(3)4;;/h5-14,16H2,1-4H3;2*1H/q+1;;/p-1. The number of rotatable bonds is 11. The van der Waals surface area contributed by atoms with E-state index in [-0.39, 0.29) is 34.0 Å². The maximum absolute atomic E-state index is 4.56. The van der Waals surface area contributed by atoms with Crippen LogP contribution in [0, 0.1) is 0 Å². The van der Waals surface area contributed by atoms with E-state index >= 15 is 0 Å². The van der Waals surface area contributed by atoms with Crippen LogP contribution in [0.3, 0.4) is 0 Å². The van der Waals surface area contributed by atoms with E-state index < -0.39 is 0 Å². The van der Waals surface area contributed by atoms with E-state index in [4.69, 9.17) is 0 Å². The lowest BCUT2D eigenvalue weighted by Crippen LogP contribution is -3.00. The SMILES string of the molecule is CCCCC([NH3+])(CCCC)CCCC[S+](C)C.[Br-].[Br-]. The molecule has 0 fully saturated rings. The number of hydrogen-bond acceptors (Lipinski definition) is 0. The molecule has 0 saturated heterocycles. The van der Waals surface area contributed by atoms with Gasteiger partial charge >= 0.3 is 0 Å². The van der Waals surface area contributed by atoms with Gasteiger partial charge in [-0.15, -0.1) is 0 Å². The van der Waals surface area contributed by atoms with Gasteiger partial charge in [0, 0.05) is 19.3 Å². The van der Waals surface area contributed by atoms with Crippen LogP contribution in [-0.4, -0.2) is 23.8 Å². The summed E-state index contributed by atoms with van der Waals surface area (Å²) in [4.78, 5) is 0. The van der Waals surface area contributed by atoms with Crippen molar-refractivity contribution in [2.45, 2.75) is 77.2 Å². The normalized spacial score (nSPS) is 11.1. The van der Waals surface area contributed by atoms with Crippen LogP contribution in [0.5, 0.6) is 0 Å². The zero-order valence-electron chi connectivity index (χ0n) is 13.4. The molecule has 0 aliphatic heterocycles. The zero-order valence-corrected chi connectivity index (χ0v) is 17.4. The summed E-state index contributed by atoms with van der Waals surface area (Å²) in [6.45, 7) is 4.58. The van der Waals surface area contributed by atoms with E-state index in [9.17, 15) is 0 Å². The van der Waals surface area contributed by atoms with Crippen molar-refractivity contribution >= 4 is 10.9 Å². The Morgan fingerprint density at radius 2 is 1.21 bits per heavy atom. The molecule has 0 aromatic carbocycles. The molecule has 0 rings (SSSR count). The van der Waals surface area contributed by atoms with E-state index in [1.807, 2.05) is 0 Å². The molecule has 4 heteroatoms. The predicted molar refractivity (Wildman–Crippen MR) is 82.6 cm³/mol. The van der Waals surface area contributed by atoms with E-state index in [0.29, 0.717) is 16.4 Å². The maximum atomic E-state index is 4.56. The van der Waals surface area contributed by atoms with E-state index in [1.54, 1.807) is 0 Å². The molecule has 1 nitrogen and oxygen atoms in total. The van der Waals surface area contributed by atoms with Crippen molar-refractivity contribution in [1.82, 2.24) is 0 Å². The van der Waals surface area contributed by atoms with Crippen LogP contribution in [0.4, 0.5) is 0 Å². The molecule has 0 bridgehead atoms. The summed E-state index contributed by atoms with van der Waals surface area (Å²) in [5.41, 5.74) is 4.96. The molecule has 0 heterocycles. The lowest BCUT2D eigenvalue weighted by atomic mass is 9.84. The molecule has 0 unspecified atom stereocenters. The highest BCUT2D eigenvalue weighted by Crippen LogP contribution is 2.23. The average molecular weight is 421 g/mol. The Kier molecular flexibility index (Phi) is 20.8. The number of quaternary nitrogens is 1. The smallest absolute Gasteiger partial charge is 0.107 e. The quantitative estimate of drug-likeness (QED) is 0.280. The summed E-state index contributed by atoms with van der Waals surface area (Å²) in [6, 6.07) is 0. The van der Waals surface area contributed by atoms with Crippen LogP contribution in [0.25, 0.3) is 0 Å². The fourth-order valence-corrected chi connectivity index (χ4v) is 3.15. The third kappa shape index (κ3) is 15.5. The van der Waals surface area contributed by atoms with Gasteiger partial charge in [-0.2, -0.15) is 0 Å². The summed E-state index contributed by atoms with van der Waals surface area (Å²) >= 11 is 0. The Labute approximate surface area is 145 Å². The molecule has 0 aromatic rings. The van der Waals surface area contributed by atoms with Crippen LogP contribution in [0.15, 0.2) is 0 Å². The Balaban J connectivity index is -0.00000128. The van der Waals surface area contributed by atoms with Crippen molar-refractivity contribution in [3.63, 3.8) is 0 Å². The third-order valence-electron chi connectivity index (χ3n) is 3.63. The van der Waals surface area contributed by atoms with Crippen molar-refractivity contribution in [1.29, 1.82) is 0 Å². The molecule has 0 radical (unpaired) electrons. The molecule has 0 aliphatic rings. The lowest BCUT2D eigenvalue weighted by Gasteiger charge is -2.26. The molecule has 0 aliphatic carbocycles. The predicted octanol–water partition coefficient (Wildman–Crippen LogP) is -2.60. The zero-order chi connectivity index (χ0) is 13.1. The second-order valence-corrected chi connectivity index (χ2v) is 8.23.